The van der Waals surface area contributed by atoms with Crippen LogP contribution in [0.5, 0.6) is 0 Å². The standard InChI is InChI=1S/C20H29N3O5S/c1-15(2)19(24)21-17-4-3-9-22(14-17)20(25)16-5-7-18(8-6-16)29(26,27)23-10-12-28-13-11-23/h5-8,15,17H,3-4,9-14H2,1-2H3,(H,21,24). The minimum Gasteiger partial charge on any atom is -0.379 e. The number of piperidine rings is 1. The Labute approximate surface area is 172 Å². The predicted molar refractivity (Wildman–Crippen MR) is 108 cm³/mol. The molecule has 3 rings (SSSR count). The Hall–Kier alpha value is -1.97. The molecule has 8 nitrogen and oxygen atoms in total. The van der Waals surface area contributed by atoms with Crippen LogP contribution in [0.4, 0.5) is 0 Å². The van der Waals surface area contributed by atoms with Crippen molar-refractivity contribution in [2.24, 2.45) is 5.92 Å². The van der Waals surface area contributed by atoms with Crippen molar-refractivity contribution in [3.63, 3.8) is 0 Å². The van der Waals surface area contributed by atoms with Crippen molar-refractivity contribution in [2.75, 3.05) is 39.4 Å². The van der Waals surface area contributed by atoms with Crippen LogP contribution in [-0.4, -0.2) is 74.9 Å². The molecule has 1 unspecified atom stereocenters. The molecule has 2 fully saturated rings. The maximum atomic E-state index is 12.9. The van der Waals surface area contributed by atoms with Crippen molar-refractivity contribution < 1.29 is 22.7 Å². The van der Waals surface area contributed by atoms with Crippen molar-refractivity contribution in [2.45, 2.75) is 37.6 Å². The smallest absolute Gasteiger partial charge is 0.253 e. The second kappa shape index (κ2) is 9.23. The molecule has 9 heteroatoms. The van der Waals surface area contributed by atoms with Crippen LogP contribution in [-0.2, 0) is 19.6 Å². The second-order valence-corrected chi connectivity index (χ2v) is 9.73. The largest absolute Gasteiger partial charge is 0.379 e. The molecule has 0 saturated carbocycles. The summed E-state index contributed by atoms with van der Waals surface area (Å²) in [4.78, 5) is 26.7. The number of benzene rings is 1. The lowest BCUT2D eigenvalue weighted by Gasteiger charge is -2.33. The number of hydrogen-bond donors (Lipinski definition) is 1. The number of morpholine rings is 1. The minimum atomic E-state index is -3.58. The fraction of sp³-hybridized carbons (Fsp3) is 0.600. The number of hydrogen-bond acceptors (Lipinski definition) is 5. The lowest BCUT2D eigenvalue weighted by molar-refractivity contribution is -0.125. The molecule has 2 saturated heterocycles. The van der Waals surface area contributed by atoms with Crippen LogP contribution in [0.3, 0.4) is 0 Å². The average molecular weight is 424 g/mol. The Balaban J connectivity index is 1.66. The van der Waals surface area contributed by atoms with Crippen molar-refractivity contribution in [1.82, 2.24) is 14.5 Å². The molecule has 0 bridgehead atoms. The van der Waals surface area contributed by atoms with E-state index in [0.29, 0.717) is 45.0 Å². The Bertz CT molecular complexity index is 832. The van der Waals surface area contributed by atoms with Crippen LogP contribution < -0.4 is 5.32 Å². The van der Waals surface area contributed by atoms with E-state index < -0.39 is 10.0 Å². The van der Waals surface area contributed by atoms with Gasteiger partial charge in [0.15, 0.2) is 0 Å². The van der Waals surface area contributed by atoms with Gasteiger partial charge in [0.1, 0.15) is 0 Å². The number of nitrogens with one attached hydrogen (secondary N) is 1. The van der Waals surface area contributed by atoms with Gasteiger partial charge >= 0.3 is 0 Å². The summed E-state index contributed by atoms with van der Waals surface area (Å²) in [5.74, 6) is -0.257. The summed E-state index contributed by atoms with van der Waals surface area (Å²) in [6, 6.07) is 6.04. The SMILES string of the molecule is CC(C)C(=O)NC1CCCN(C(=O)c2ccc(S(=O)(=O)N3CCOCC3)cc2)C1. The lowest BCUT2D eigenvalue weighted by atomic mass is 10.0. The van der Waals surface area contributed by atoms with Gasteiger partial charge in [-0.3, -0.25) is 9.59 Å². The highest BCUT2D eigenvalue weighted by Crippen LogP contribution is 2.20. The van der Waals surface area contributed by atoms with Crippen molar-refractivity contribution in [3.8, 4) is 0 Å². The van der Waals surface area contributed by atoms with E-state index in [4.69, 9.17) is 4.74 Å². The summed E-state index contributed by atoms with van der Waals surface area (Å²) in [6.07, 6.45) is 1.66. The average Bonchev–Trinajstić information content (AvgIpc) is 2.74. The summed E-state index contributed by atoms with van der Waals surface area (Å²) < 4.78 is 32.0. The van der Waals surface area contributed by atoms with Gasteiger partial charge in [0.05, 0.1) is 18.1 Å². The maximum Gasteiger partial charge on any atom is 0.253 e. The first-order valence-electron chi connectivity index (χ1n) is 10.1. The molecule has 160 valence electrons. The summed E-state index contributed by atoms with van der Waals surface area (Å²) in [7, 11) is -3.58. The van der Waals surface area contributed by atoms with E-state index in [2.05, 4.69) is 5.32 Å². The number of carbonyl (C=O) groups excluding carboxylic acids is 2. The van der Waals surface area contributed by atoms with Gasteiger partial charge in [-0.1, -0.05) is 13.8 Å². The minimum absolute atomic E-state index is 0.0121. The first kappa shape index (κ1) is 21.7. The molecule has 2 amide bonds. The number of nitrogens with zero attached hydrogens (tertiary/aromatic N) is 2. The Kier molecular flexibility index (Phi) is 6.92. The monoisotopic (exact) mass is 423 g/mol. The van der Waals surface area contributed by atoms with Crippen molar-refractivity contribution in [3.05, 3.63) is 29.8 Å². The van der Waals surface area contributed by atoms with E-state index in [1.54, 1.807) is 17.0 Å². The molecule has 1 aromatic carbocycles. The van der Waals surface area contributed by atoms with E-state index >= 15 is 0 Å². The Morgan fingerprint density at radius 1 is 1.10 bits per heavy atom. The van der Waals surface area contributed by atoms with Gasteiger partial charge in [-0.15, -0.1) is 0 Å². The number of carbonyl (C=O) groups is 2. The number of rotatable bonds is 5. The topological polar surface area (TPSA) is 96.0 Å². The summed E-state index contributed by atoms with van der Waals surface area (Å²) in [5, 5.41) is 2.99. The molecule has 2 aliphatic heterocycles. The van der Waals surface area contributed by atoms with Crippen LogP contribution in [0.15, 0.2) is 29.2 Å². The zero-order valence-electron chi connectivity index (χ0n) is 17.0. The zero-order valence-corrected chi connectivity index (χ0v) is 17.8. The molecule has 0 radical (unpaired) electrons. The molecule has 2 heterocycles. The van der Waals surface area contributed by atoms with Crippen LogP contribution in [0, 0.1) is 5.92 Å². The van der Waals surface area contributed by atoms with E-state index in [-0.39, 0.29) is 28.7 Å². The van der Waals surface area contributed by atoms with E-state index in [1.807, 2.05) is 13.8 Å². The first-order valence-corrected chi connectivity index (χ1v) is 11.5. The molecule has 2 aliphatic rings. The highest BCUT2D eigenvalue weighted by Gasteiger charge is 2.28. The molecule has 0 spiro atoms. The van der Waals surface area contributed by atoms with Crippen molar-refractivity contribution >= 4 is 21.8 Å². The number of ether oxygens (including phenoxy) is 1. The molecule has 1 aromatic rings. The quantitative estimate of drug-likeness (QED) is 0.765. The Morgan fingerprint density at radius 3 is 2.38 bits per heavy atom. The lowest BCUT2D eigenvalue weighted by Crippen LogP contribution is -2.50. The third-order valence-electron chi connectivity index (χ3n) is 5.29. The highest BCUT2D eigenvalue weighted by molar-refractivity contribution is 7.89. The molecule has 1 N–H and O–H groups in total. The van der Waals surface area contributed by atoms with Gasteiger partial charge < -0.3 is 15.0 Å². The summed E-state index contributed by atoms with van der Waals surface area (Å²) >= 11 is 0. The van der Waals surface area contributed by atoms with Gasteiger partial charge in [-0.2, -0.15) is 4.31 Å². The summed E-state index contributed by atoms with van der Waals surface area (Å²) in [6.45, 7) is 6.21. The molecule has 0 aromatic heterocycles. The van der Waals surface area contributed by atoms with Crippen LogP contribution in [0.25, 0.3) is 0 Å². The summed E-state index contributed by atoms with van der Waals surface area (Å²) in [5.41, 5.74) is 0.446. The first-order chi connectivity index (χ1) is 13.8. The van der Waals surface area contributed by atoms with Crippen LogP contribution in [0.1, 0.15) is 37.0 Å². The van der Waals surface area contributed by atoms with Gasteiger partial charge in [0, 0.05) is 43.7 Å². The predicted octanol–water partition coefficient (Wildman–Crippen LogP) is 1.08. The fourth-order valence-corrected chi connectivity index (χ4v) is 4.94. The normalized spacial score (nSPS) is 21.2. The molecular formula is C20H29N3O5S. The van der Waals surface area contributed by atoms with E-state index in [0.717, 1.165) is 12.8 Å². The third kappa shape index (κ3) is 5.15. The van der Waals surface area contributed by atoms with Crippen LogP contribution in [0.2, 0.25) is 0 Å². The zero-order chi connectivity index (χ0) is 21.0. The van der Waals surface area contributed by atoms with Gasteiger partial charge in [-0.05, 0) is 37.1 Å². The molecule has 29 heavy (non-hydrogen) atoms. The van der Waals surface area contributed by atoms with Gasteiger partial charge in [0.25, 0.3) is 5.91 Å². The molecular weight excluding hydrogens is 394 g/mol. The van der Waals surface area contributed by atoms with E-state index in [9.17, 15) is 18.0 Å². The number of likely N-dealkylation sites (tertiary alicyclic amines) is 1. The maximum absolute atomic E-state index is 12.9. The number of amides is 2. The number of sulfonamides is 1. The van der Waals surface area contributed by atoms with Crippen LogP contribution >= 0.6 is 0 Å². The third-order valence-corrected chi connectivity index (χ3v) is 7.20. The Morgan fingerprint density at radius 2 is 1.76 bits per heavy atom. The fourth-order valence-electron chi connectivity index (χ4n) is 3.54. The molecule has 0 aliphatic carbocycles. The van der Waals surface area contributed by atoms with E-state index in [1.165, 1.54) is 16.4 Å². The van der Waals surface area contributed by atoms with Gasteiger partial charge in [0.2, 0.25) is 15.9 Å². The highest BCUT2D eigenvalue weighted by atomic mass is 32.2. The van der Waals surface area contributed by atoms with Crippen molar-refractivity contribution in [1.29, 1.82) is 0 Å². The second-order valence-electron chi connectivity index (χ2n) is 7.79. The molecule has 1 atom stereocenters. The van der Waals surface area contributed by atoms with Gasteiger partial charge in [-0.25, -0.2) is 8.42 Å².